The van der Waals surface area contributed by atoms with E-state index in [0.717, 1.165) is 30.0 Å². The van der Waals surface area contributed by atoms with Crippen molar-refractivity contribution >= 4 is 30.1 Å². The molecule has 3 rings (SSSR count). The lowest BCUT2D eigenvalue weighted by atomic mass is 9.78. The second kappa shape index (κ2) is 7.66. The van der Waals surface area contributed by atoms with Crippen molar-refractivity contribution in [3.8, 4) is 0 Å². The van der Waals surface area contributed by atoms with Crippen LogP contribution in [-0.4, -0.2) is 30.1 Å². The van der Waals surface area contributed by atoms with Crippen LogP contribution in [-0.2, 0) is 10.2 Å². The molecule has 1 aromatic rings. The van der Waals surface area contributed by atoms with Crippen LogP contribution in [0, 0.1) is 5.82 Å². The van der Waals surface area contributed by atoms with Gasteiger partial charge >= 0.3 is 0 Å². The van der Waals surface area contributed by atoms with Crippen molar-refractivity contribution in [3.63, 3.8) is 0 Å². The van der Waals surface area contributed by atoms with E-state index in [1.165, 1.54) is 25.0 Å². The van der Waals surface area contributed by atoms with Gasteiger partial charge in [-0.3, -0.25) is 10.1 Å². The number of carbonyl (C=O) groups excluding carboxylic acids is 1. The van der Waals surface area contributed by atoms with Crippen LogP contribution in [0.3, 0.4) is 0 Å². The summed E-state index contributed by atoms with van der Waals surface area (Å²) in [6.45, 7) is 0.653. The van der Waals surface area contributed by atoms with Crippen LogP contribution in [0.4, 0.5) is 4.39 Å². The van der Waals surface area contributed by atoms with Gasteiger partial charge in [0.1, 0.15) is 5.82 Å². The summed E-state index contributed by atoms with van der Waals surface area (Å²) < 4.78 is 13.1. The average Bonchev–Trinajstić information content (AvgIpc) is 3.18. The van der Waals surface area contributed by atoms with Crippen molar-refractivity contribution in [2.75, 3.05) is 18.2 Å². The number of hydrogen-bond donors (Lipinski definition) is 2. The van der Waals surface area contributed by atoms with Crippen molar-refractivity contribution in [1.29, 1.82) is 0 Å². The van der Waals surface area contributed by atoms with Gasteiger partial charge in [0.25, 0.3) is 0 Å². The van der Waals surface area contributed by atoms with Crippen LogP contribution in [0.25, 0.3) is 0 Å². The number of carbonyl (C=O) groups is 1. The van der Waals surface area contributed by atoms with E-state index in [4.69, 9.17) is 0 Å². The molecule has 1 aliphatic carbocycles. The fraction of sp³-hybridized carbons (Fsp3) is 0.562. The maximum Gasteiger partial charge on any atom is 0.238 e. The molecule has 22 heavy (non-hydrogen) atoms. The van der Waals surface area contributed by atoms with Crippen molar-refractivity contribution in [2.45, 2.75) is 37.1 Å². The smallest absolute Gasteiger partial charge is 0.238 e. The Labute approximate surface area is 141 Å². The van der Waals surface area contributed by atoms with Gasteiger partial charge in [-0.2, -0.15) is 0 Å². The summed E-state index contributed by atoms with van der Waals surface area (Å²) in [5.74, 6) is 1.58. The lowest BCUT2D eigenvalue weighted by Gasteiger charge is -2.30. The summed E-state index contributed by atoms with van der Waals surface area (Å²) in [6, 6.07) is 6.72. The van der Waals surface area contributed by atoms with Crippen LogP contribution in [0.5, 0.6) is 0 Å². The first-order valence-corrected chi connectivity index (χ1v) is 8.70. The molecule has 6 heteroatoms. The van der Waals surface area contributed by atoms with Gasteiger partial charge in [-0.25, -0.2) is 4.39 Å². The number of thioether (sulfide) groups is 1. The Morgan fingerprint density at radius 1 is 1.32 bits per heavy atom. The fourth-order valence-corrected chi connectivity index (χ4v) is 4.31. The van der Waals surface area contributed by atoms with Crippen molar-refractivity contribution in [2.24, 2.45) is 0 Å². The summed E-state index contributed by atoms with van der Waals surface area (Å²) >= 11 is 1.75. The molecular weight excluding hydrogens is 323 g/mol. The number of rotatable bonds is 4. The molecule has 1 atom stereocenters. The highest BCUT2D eigenvalue weighted by Crippen LogP contribution is 2.40. The molecule has 1 saturated heterocycles. The average molecular weight is 345 g/mol. The molecule has 1 aromatic carbocycles. The molecule has 2 N–H and O–H groups in total. The zero-order valence-electron chi connectivity index (χ0n) is 12.4. The zero-order chi connectivity index (χ0) is 14.7. The Kier molecular flexibility index (Phi) is 6.12. The summed E-state index contributed by atoms with van der Waals surface area (Å²) in [4.78, 5) is 12.2. The summed E-state index contributed by atoms with van der Waals surface area (Å²) in [7, 11) is 0. The predicted octanol–water partition coefficient (Wildman–Crippen LogP) is 2.84. The topological polar surface area (TPSA) is 41.1 Å². The number of nitrogens with one attached hydrogen (secondary N) is 2. The number of halogens is 2. The molecular formula is C16H22ClFN2OS. The lowest BCUT2D eigenvalue weighted by molar-refractivity contribution is -0.122. The largest absolute Gasteiger partial charge is 0.354 e. The highest BCUT2D eigenvalue weighted by molar-refractivity contribution is 7.99. The van der Waals surface area contributed by atoms with E-state index in [2.05, 4.69) is 10.6 Å². The molecule has 1 unspecified atom stereocenters. The van der Waals surface area contributed by atoms with Crippen molar-refractivity contribution in [1.82, 2.24) is 10.6 Å². The standard InChI is InChI=1S/C16H21FN2OS.ClH/c17-13-5-3-12(4-6-13)16(7-1-2-8-16)10-18-15(20)14-9-21-11-19-14;/h3-6,14,19H,1-2,7-11H2,(H,18,20);1H. The van der Waals surface area contributed by atoms with Gasteiger partial charge in [-0.15, -0.1) is 24.2 Å². The minimum absolute atomic E-state index is 0. The van der Waals surface area contributed by atoms with E-state index >= 15 is 0 Å². The maximum atomic E-state index is 13.1. The minimum atomic E-state index is -0.205. The molecule has 1 aliphatic heterocycles. The van der Waals surface area contributed by atoms with Gasteiger partial charge in [0.05, 0.1) is 6.04 Å². The Bertz CT molecular complexity index is 499. The molecule has 0 radical (unpaired) electrons. The maximum absolute atomic E-state index is 13.1. The quantitative estimate of drug-likeness (QED) is 0.882. The molecule has 1 saturated carbocycles. The van der Waals surface area contributed by atoms with E-state index in [-0.39, 0.29) is 35.6 Å². The van der Waals surface area contributed by atoms with Crippen LogP contribution in [0.2, 0.25) is 0 Å². The normalized spacial score (nSPS) is 23.0. The summed E-state index contributed by atoms with van der Waals surface area (Å²) in [5.41, 5.74) is 1.13. The van der Waals surface area contributed by atoms with E-state index in [1.54, 1.807) is 11.8 Å². The van der Waals surface area contributed by atoms with Crippen molar-refractivity contribution < 1.29 is 9.18 Å². The van der Waals surface area contributed by atoms with Crippen LogP contribution >= 0.6 is 24.2 Å². The zero-order valence-corrected chi connectivity index (χ0v) is 14.1. The lowest BCUT2D eigenvalue weighted by Crippen LogP contribution is -2.47. The van der Waals surface area contributed by atoms with Crippen LogP contribution in [0.1, 0.15) is 31.2 Å². The Morgan fingerprint density at radius 3 is 2.59 bits per heavy atom. The Hall–Kier alpha value is -0.780. The fourth-order valence-electron chi connectivity index (χ4n) is 3.37. The third-order valence-electron chi connectivity index (χ3n) is 4.65. The monoisotopic (exact) mass is 344 g/mol. The number of hydrogen-bond acceptors (Lipinski definition) is 3. The second-order valence-corrected chi connectivity index (χ2v) is 7.01. The number of benzene rings is 1. The SMILES string of the molecule is Cl.O=C(NCC1(c2ccc(F)cc2)CCCC1)C1CSCN1. The van der Waals surface area contributed by atoms with E-state index in [1.807, 2.05) is 12.1 Å². The van der Waals surface area contributed by atoms with Gasteiger partial charge in [-0.05, 0) is 30.5 Å². The molecule has 2 fully saturated rings. The van der Waals surface area contributed by atoms with Gasteiger partial charge < -0.3 is 5.32 Å². The highest BCUT2D eigenvalue weighted by Gasteiger charge is 2.36. The molecule has 0 bridgehead atoms. The molecule has 1 amide bonds. The minimum Gasteiger partial charge on any atom is -0.354 e. The second-order valence-electron chi connectivity index (χ2n) is 5.98. The number of amides is 1. The molecule has 1 heterocycles. The molecule has 0 spiro atoms. The van der Waals surface area contributed by atoms with Crippen LogP contribution in [0.15, 0.2) is 24.3 Å². The first-order valence-electron chi connectivity index (χ1n) is 7.55. The summed E-state index contributed by atoms with van der Waals surface area (Å²) in [6.07, 6.45) is 4.47. The van der Waals surface area contributed by atoms with Gasteiger partial charge in [0.15, 0.2) is 0 Å². The summed E-state index contributed by atoms with van der Waals surface area (Å²) in [5, 5.41) is 6.30. The Morgan fingerprint density at radius 2 is 2.00 bits per heavy atom. The molecule has 122 valence electrons. The molecule has 0 aromatic heterocycles. The van der Waals surface area contributed by atoms with E-state index in [0.29, 0.717) is 6.54 Å². The highest BCUT2D eigenvalue weighted by atomic mass is 35.5. The molecule has 2 aliphatic rings. The van der Waals surface area contributed by atoms with Gasteiger partial charge in [-0.1, -0.05) is 25.0 Å². The van der Waals surface area contributed by atoms with Crippen molar-refractivity contribution in [3.05, 3.63) is 35.6 Å². The van der Waals surface area contributed by atoms with Gasteiger partial charge in [0, 0.05) is 23.6 Å². The third-order valence-corrected chi connectivity index (χ3v) is 5.59. The first-order chi connectivity index (χ1) is 10.2. The van der Waals surface area contributed by atoms with Gasteiger partial charge in [0.2, 0.25) is 5.91 Å². The first kappa shape index (κ1) is 17.6. The Balaban J connectivity index is 0.00000176. The van der Waals surface area contributed by atoms with E-state index < -0.39 is 0 Å². The molecule has 3 nitrogen and oxygen atoms in total. The predicted molar refractivity (Wildman–Crippen MR) is 91.1 cm³/mol. The van der Waals surface area contributed by atoms with Crippen LogP contribution < -0.4 is 10.6 Å². The van der Waals surface area contributed by atoms with E-state index in [9.17, 15) is 9.18 Å². The third kappa shape index (κ3) is 3.76.